The molecule has 1 atom stereocenters. The summed E-state index contributed by atoms with van der Waals surface area (Å²) in [4.78, 5) is 24.0. The molecule has 5 heteroatoms. The number of Topliss-reactive ketones (excluding diaryl/α,β-unsaturated/α-hetero) is 1. The molecular formula is C26H39NO3S. The summed E-state index contributed by atoms with van der Waals surface area (Å²) in [7, 11) is 0. The molecule has 0 amide bonds. The van der Waals surface area contributed by atoms with E-state index in [1.807, 2.05) is 5.41 Å². The van der Waals surface area contributed by atoms with Crippen LogP contribution in [0.4, 0.5) is 0 Å². The zero-order valence-corrected chi connectivity index (χ0v) is 20.1. The number of unbranched alkanes of at least 4 members (excludes halogenated alkanes) is 6. The molecule has 1 unspecified atom stereocenters. The summed E-state index contributed by atoms with van der Waals surface area (Å²) in [5, 5.41) is 4.76. The minimum Gasteiger partial charge on any atom is -0.466 e. The molecule has 0 fully saturated rings. The quantitative estimate of drug-likeness (QED) is 0.238. The maximum absolute atomic E-state index is 12.4. The predicted octanol–water partition coefficient (Wildman–Crippen LogP) is 6.33. The number of carbonyl (C=O) groups excluding carboxylic acids is 2. The molecule has 0 bridgehead atoms. The van der Waals surface area contributed by atoms with Gasteiger partial charge in [-0.05, 0) is 55.6 Å². The van der Waals surface area contributed by atoms with E-state index in [-0.39, 0.29) is 23.5 Å². The lowest BCUT2D eigenvalue weighted by Crippen LogP contribution is -2.30. The van der Waals surface area contributed by atoms with Crippen LogP contribution in [0, 0.1) is 0 Å². The Labute approximate surface area is 192 Å². The van der Waals surface area contributed by atoms with Crippen LogP contribution in [0.25, 0.3) is 0 Å². The van der Waals surface area contributed by atoms with Gasteiger partial charge in [-0.25, -0.2) is 0 Å². The molecule has 0 radical (unpaired) electrons. The highest BCUT2D eigenvalue weighted by molar-refractivity contribution is 8.03. The zero-order valence-electron chi connectivity index (χ0n) is 19.3. The lowest BCUT2D eigenvalue weighted by Gasteiger charge is -2.11. The van der Waals surface area contributed by atoms with Crippen LogP contribution in [0.3, 0.4) is 0 Å². The number of aryl methyl sites for hydroxylation is 2. The van der Waals surface area contributed by atoms with Gasteiger partial charge < -0.3 is 10.1 Å². The van der Waals surface area contributed by atoms with E-state index in [2.05, 4.69) is 36.5 Å². The van der Waals surface area contributed by atoms with Gasteiger partial charge >= 0.3 is 5.97 Å². The molecule has 0 spiro atoms. The molecule has 1 aromatic carbocycles. The van der Waals surface area contributed by atoms with Crippen molar-refractivity contribution in [2.24, 2.45) is 0 Å². The van der Waals surface area contributed by atoms with Gasteiger partial charge in [0.25, 0.3) is 0 Å². The summed E-state index contributed by atoms with van der Waals surface area (Å²) in [6, 6.07) is 9.02. The smallest absolute Gasteiger partial charge is 0.311 e. The normalized spacial score (nSPS) is 15.4. The fraction of sp³-hybridized carbons (Fsp3) is 0.615. The summed E-state index contributed by atoms with van der Waals surface area (Å²) in [6.45, 7) is 4.43. The van der Waals surface area contributed by atoms with E-state index in [1.54, 1.807) is 6.92 Å². The number of ketones is 1. The fourth-order valence-electron chi connectivity index (χ4n) is 3.74. The van der Waals surface area contributed by atoms with Crippen molar-refractivity contribution < 1.29 is 14.3 Å². The second-order valence-electron chi connectivity index (χ2n) is 8.29. The van der Waals surface area contributed by atoms with Gasteiger partial charge in [0.1, 0.15) is 5.37 Å². The van der Waals surface area contributed by atoms with Crippen LogP contribution in [0.1, 0.15) is 89.2 Å². The molecule has 0 saturated heterocycles. The maximum Gasteiger partial charge on any atom is 0.311 e. The fourth-order valence-corrected chi connectivity index (χ4v) is 4.69. The number of rotatable bonds is 16. The van der Waals surface area contributed by atoms with E-state index >= 15 is 0 Å². The summed E-state index contributed by atoms with van der Waals surface area (Å²) < 4.78 is 4.95. The van der Waals surface area contributed by atoms with Gasteiger partial charge in [-0.15, -0.1) is 0 Å². The number of carbonyl (C=O) groups is 2. The molecule has 1 aromatic rings. The molecule has 31 heavy (non-hydrogen) atoms. The number of thioether (sulfide) groups is 1. The average molecular weight is 446 g/mol. The standard InChI is InChI=1S/C26H39NO3S/c1-3-5-6-7-8-9-12-21-15-17-22(18-16-21)13-10-11-14-24(28)26-27-23(20-31-26)19-25(29)30-4-2/h15-18,20,26-27H,3-14,19H2,1-2H3. The first-order chi connectivity index (χ1) is 15.1. The van der Waals surface area contributed by atoms with E-state index in [0.29, 0.717) is 13.0 Å². The van der Waals surface area contributed by atoms with Gasteiger partial charge in [0.15, 0.2) is 5.78 Å². The first-order valence-electron chi connectivity index (χ1n) is 12.0. The lowest BCUT2D eigenvalue weighted by molar-refractivity contribution is -0.142. The van der Waals surface area contributed by atoms with Crippen LogP contribution < -0.4 is 5.32 Å². The summed E-state index contributed by atoms with van der Waals surface area (Å²) in [5.74, 6) is -0.0534. The number of esters is 1. The summed E-state index contributed by atoms with van der Waals surface area (Å²) >= 11 is 1.46. The Kier molecular flexibility index (Phi) is 12.4. The van der Waals surface area contributed by atoms with E-state index in [9.17, 15) is 9.59 Å². The van der Waals surface area contributed by atoms with Crippen LogP contribution in [0.2, 0.25) is 0 Å². The largest absolute Gasteiger partial charge is 0.466 e. The summed E-state index contributed by atoms with van der Waals surface area (Å²) in [6.07, 6.45) is 12.9. The van der Waals surface area contributed by atoms with Crippen molar-refractivity contribution in [2.45, 2.75) is 96.3 Å². The van der Waals surface area contributed by atoms with Crippen LogP contribution in [0.15, 0.2) is 35.4 Å². The molecule has 1 N–H and O–H groups in total. The number of ether oxygens (including phenoxy) is 1. The number of hydrogen-bond acceptors (Lipinski definition) is 5. The third kappa shape index (κ3) is 10.4. The van der Waals surface area contributed by atoms with Gasteiger partial charge in [0.2, 0.25) is 0 Å². The van der Waals surface area contributed by atoms with Crippen molar-refractivity contribution in [3.05, 3.63) is 46.5 Å². The molecule has 4 nitrogen and oxygen atoms in total. The van der Waals surface area contributed by atoms with Crippen molar-refractivity contribution >= 4 is 23.5 Å². The highest BCUT2D eigenvalue weighted by Gasteiger charge is 2.24. The van der Waals surface area contributed by atoms with Gasteiger partial charge in [-0.3, -0.25) is 9.59 Å². The highest BCUT2D eigenvalue weighted by atomic mass is 32.2. The molecule has 1 heterocycles. The lowest BCUT2D eigenvalue weighted by atomic mass is 10.0. The third-order valence-electron chi connectivity index (χ3n) is 5.58. The molecule has 1 aliphatic heterocycles. The minimum absolute atomic E-state index is 0.203. The first-order valence-corrected chi connectivity index (χ1v) is 12.9. The van der Waals surface area contributed by atoms with E-state index in [0.717, 1.165) is 25.0 Å². The molecule has 2 rings (SSSR count). The predicted molar refractivity (Wildman–Crippen MR) is 130 cm³/mol. The van der Waals surface area contributed by atoms with Crippen LogP contribution in [0.5, 0.6) is 0 Å². The van der Waals surface area contributed by atoms with Crippen LogP contribution in [-0.2, 0) is 27.2 Å². The zero-order chi connectivity index (χ0) is 22.3. The Bertz CT molecular complexity index is 699. The molecule has 0 saturated carbocycles. The molecular weight excluding hydrogens is 406 g/mol. The average Bonchev–Trinajstić information content (AvgIpc) is 3.23. The van der Waals surface area contributed by atoms with E-state index in [1.165, 1.54) is 67.8 Å². The number of nitrogens with one attached hydrogen (secondary N) is 1. The Morgan fingerprint density at radius 3 is 2.16 bits per heavy atom. The highest BCUT2D eigenvalue weighted by Crippen LogP contribution is 2.25. The van der Waals surface area contributed by atoms with Crippen LogP contribution in [-0.4, -0.2) is 23.7 Å². The molecule has 1 aliphatic rings. The second kappa shape index (κ2) is 15.1. The van der Waals surface area contributed by atoms with E-state index < -0.39 is 0 Å². The number of hydrogen-bond donors (Lipinski definition) is 1. The Balaban J connectivity index is 1.56. The van der Waals surface area contributed by atoms with Gasteiger partial charge in [0, 0.05) is 12.1 Å². The SMILES string of the molecule is CCCCCCCCc1ccc(CCCCC(=O)C2NC(CC(=O)OCC)=CS2)cc1. The monoisotopic (exact) mass is 445 g/mol. The van der Waals surface area contributed by atoms with Gasteiger partial charge in [-0.1, -0.05) is 75.1 Å². The van der Waals surface area contributed by atoms with Crippen molar-refractivity contribution in [2.75, 3.05) is 6.61 Å². The third-order valence-corrected chi connectivity index (χ3v) is 6.65. The Hall–Kier alpha value is -1.75. The Morgan fingerprint density at radius 1 is 0.903 bits per heavy atom. The van der Waals surface area contributed by atoms with Crippen LogP contribution >= 0.6 is 11.8 Å². The van der Waals surface area contributed by atoms with Crippen molar-refractivity contribution in [3.63, 3.8) is 0 Å². The molecule has 172 valence electrons. The Morgan fingerprint density at radius 2 is 1.52 bits per heavy atom. The molecule has 0 aromatic heterocycles. The van der Waals surface area contributed by atoms with Gasteiger partial charge in [-0.2, -0.15) is 0 Å². The topological polar surface area (TPSA) is 55.4 Å². The van der Waals surface area contributed by atoms with Crippen molar-refractivity contribution in [1.82, 2.24) is 5.32 Å². The van der Waals surface area contributed by atoms with Gasteiger partial charge in [0.05, 0.1) is 13.0 Å². The summed E-state index contributed by atoms with van der Waals surface area (Å²) in [5.41, 5.74) is 3.57. The van der Waals surface area contributed by atoms with Crippen molar-refractivity contribution in [3.8, 4) is 0 Å². The first kappa shape index (κ1) is 25.5. The maximum atomic E-state index is 12.4. The van der Waals surface area contributed by atoms with Crippen molar-refractivity contribution in [1.29, 1.82) is 0 Å². The number of benzene rings is 1. The second-order valence-corrected chi connectivity index (χ2v) is 9.27. The van der Waals surface area contributed by atoms with E-state index in [4.69, 9.17) is 4.74 Å². The molecule has 0 aliphatic carbocycles. The minimum atomic E-state index is -0.259.